The van der Waals surface area contributed by atoms with Gasteiger partial charge in [0.15, 0.2) is 0 Å². The van der Waals surface area contributed by atoms with E-state index in [-0.39, 0.29) is 12.0 Å². The minimum atomic E-state index is -0.187. The second-order valence-electron chi connectivity index (χ2n) is 7.68. The number of hydrogen-bond acceptors (Lipinski definition) is 5. The van der Waals surface area contributed by atoms with Gasteiger partial charge in [0.1, 0.15) is 0 Å². The zero-order chi connectivity index (χ0) is 22.2. The number of aryl methyl sites for hydroxylation is 1. The summed E-state index contributed by atoms with van der Waals surface area (Å²) in [5, 5.41) is 2.85. The Labute approximate surface area is 198 Å². The van der Waals surface area contributed by atoms with E-state index in [1.165, 1.54) is 19.4 Å². The fourth-order valence-corrected chi connectivity index (χ4v) is 4.52. The van der Waals surface area contributed by atoms with Gasteiger partial charge in [-0.1, -0.05) is 0 Å². The first-order chi connectivity index (χ1) is 15.7. The number of amides is 1. The van der Waals surface area contributed by atoms with Gasteiger partial charge in [0.05, 0.1) is 13.2 Å². The third-order valence-corrected chi connectivity index (χ3v) is 6.46. The predicted octanol–water partition coefficient (Wildman–Crippen LogP) is 2.93. The summed E-state index contributed by atoms with van der Waals surface area (Å²) in [5.74, 6) is 1.48. The molecule has 2 aromatic rings. The number of fused-ring (bicyclic) bond motifs is 2. The third-order valence-electron chi connectivity index (χ3n) is 5.32. The van der Waals surface area contributed by atoms with E-state index in [9.17, 15) is 4.79 Å². The summed E-state index contributed by atoms with van der Waals surface area (Å²) >= 11 is 1.34. The van der Waals surface area contributed by atoms with E-state index in [0.29, 0.717) is 37.7 Å². The topological polar surface area (TPSA) is 74.6 Å². The van der Waals surface area contributed by atoms with Gasteiger partial charge in [-0.05, 0) is 0 Å². The molecule has 7 nitrogen and oxygen atoms in total. The molecule has 1 aromatic carbocycles. The standard InChI is InChI=1S/C24H27N3O4.W/c28-24-22-16-20(31-21-9-15-30-18-21)8-7-19(22)17-29-14-5-4-12-27-13-11-25-23(27)6-2-1-3-10-26-24;/h1-3,7-8,10-11,13,16,21H,4-5,9,12,14-15,17-18H2,(H,26,28);. The number of imidazole rings is 1. The van der Waals surface area contributed by atoms with Crippen LogP contribution < -0.4 is 10.1 Å². The van der Waals surface area contributed by atoms with Crippen LogP contribution in [0.3, 0.4) is 0 Å². The van der Waals surface area contributed by atoms with Crippen molar-refractivity contribution in [1.82, 2.24) is 14.9 Å². The molecule has 0 spiro atoms. The molecule has 4 rings (SSSR count). The van der Waals surface area contributed by atoms with Crippen LogP contribution in [0.5, 0.6) is 5.75 Å². The summed E-state index contributed by atoms with van der Waals surface area (Å²) in [6.07, 6.45) is 14.1. The molecule has 1 amide bonds. The average molecular weight is 605 g/mol. The van der Waals surface area contributed by atoms with E-state index >= 15 is 0 Å². The molecule has 3 heterocycles. The Kier molecular flexibility index (Phi) is 8.21. The van der Waals surface area contributed by atoms with E-state index < -0.39 is 0 Å². The summed E-state index contributed by atoms with van der Waals surface area (Å²) in [7, 11) is 0. The van der Waals surface area contributed by atoms with Crippen LogP contribution in [0.2, 0.25) is 0 Å². The van der Waals surface area contributed by atoms with Gasteiger partial charge in [-0.2, -0.15) is 0 Å². The van der Waals surface area contributed by atoms with Gasteiger partial charge in [-0.25, -0.2) is 0 Å². The molecule has 168 valence electrons. The summed E-state index contributed by atoms with van der Waals surface area (Å²) in [5.41, 5.74) is 1.40. The Balaban J connectivity index is 1.50. The molecule has 32 heavy (non-hydrogen) atoms. The van der Waals surface area contributed by atoms with Crippen LogP contribution in [0.1, 0.15) is 41.0 Å². The van der Waals surface area contributed by atoms with Crippen molar-refractivity contribution in [1.29, 1.82) is 0 Å². The molecule has 1 atom stereocenters. The summed E-state index contributed by atoms with van der Waals surface area (Å²) in [6, 6.07) is 5.61. The molecule has 0 saturated carbocycles. The van der Waals surface area contributed by atoms with E-state index in [1.807, 2.05) is 42.8 Å². The van der Waals surface area contributed by atoms with Gasteiger partial charge < -0.3 is 4.74 Å². The van der Waals surface area contributed by atoms with E-state index in [2.05, 4.69) is 14.9 Å². The quantitative estimate of drug-likeness (QED) is 0.571. The molecule has 1 unspecified atom stereocenters. The number of carbonyl (C=O) groups excluding carboxylic acids is 1. The molecule has 1 fully saturated rings. The number of benzene rings is 1. The predicted molar refractivity (Wildman–Crippen MR) is 117 cm³/mol. The maximum atomic E-state index is 12.9. The second-order valence-corrected chi connectivity index (χ2v) is 9.26. The zero-order valence-corrected chi connectivity index (χ0v) is 20.8. The van der Waals surface area contributed by atoms with Crippen molar-refractivity contribution in [2.24, 2.45) is 0 Å². The fraction of sp³-hybridized carbons (Fsp3) is 0.375. The molecule has 8 heteroatoms. The van der Waals surface area contributed by atoms with Crippen molar-refractivity contribution in [3.8, 4) is 5.75 Å². The second kappa shape index (κ2) is 11.5. The summed E-state index contributed by atoms with van der Waals surface area (Å²) < 4.78 is 20.6. The Morgan fingerprint density at radius 1 is 1.19 bits per heavy atom. The van der Waals surface area contributed by atoms with Gasteiger partial charge in [0.25, 0.3) is 0 Å². The minimum absolute atomic E-state index is 0.0313. The molecule has 2 aliphatic rings. The van der Waals surface area contributed by atoms with Crippen LogP contribution in [-0.4, -0.2) is 45.3 Å². The Bertz CT molecular complexity index is 1010. The first kappa shape index (κ1) is 22.8. The van der Waals surface area contributed by atoms with Crippen molar-refractivity contribution in [3.63, 3.8) is 0 Å². The SMILES string of the molecule is O=C1NC=CC=C[C](=[W])c2nccn2CCCCOCc2ccc(OC3CCOC3)cc21. The number of aromatic nitrogens is 2. The maximum absolute atomic E-state index is 12.9. The summed E-state index contributed by atoms with van der Waals surface area (Å²) in [6.45, 7) is 3.21. The van der Waals surface area contributed by atoms with Crippen LogP contribution >= 0.6 is 0 Å². The molecule has 1 N–H and O–H groups in total. The van der Waals surface area contributed by atoms with Gasteiger partial charge >= 0.3 is 175 Å². The summed E-state index contributed by atoms with van der Waals surface area (Å²) in [4.78, 5) is 17.4. The number of rotatable bonds is 2. The van der Waals surface area contributed by atoms with Crippen molar-refractivity contribution < 1.29 is 38.4 Å². The Morgan fingerprint density at radius 3 is 3.00 bits per heavy atom. The number of ether oxygens (including phenoxy) is 3. The van der Waals surface area contributed by atoms with Crippen LogP contribution in [0, 0.1) is 0 Å². The van der Waals surface area contributed by atoms with Gasteiger partial charge in [-0.3, -0.25) is 0 Å². The van der Waals surface area contributed by atoms with Crippen molar-refractivity contribution in [2.75, 3.05) is 19.8 Å². The van der Waals surface area contributed by atoms with E-state index in [0.717, 1.165) is 41.1 Å². The van der Waals surface area contributed by atoms with Crippen molar-refractivity contribution >= 4 is 9.81 Å². The molecule has 1 aromatic heterocycles. The fourth-order valence-electron chi connectivity index (χ4n) is 3.62. The van der Waals surface area contributed by atoms with E-state index in [1.54, 1.807) is 12.3 Å². The number of carbonyl (C=O) groups is 1. The molecule has 1 saturated heterocycles. The number of allylic oxidation sites excluding steroid dienone is 3. The number of hydrogen-bond donors (Lipinski definition) is 1. The van der Waals surface area contributed by atoms with Gasteiger partial charge in [0.2, 0.25) is 0 Å². The van der Waals surface area contributed by atoms with Gasteiger partial charge in [0, 0.05) is 6.42 Å². The zero-order valence-electron chi connectivity index (χ0n) is 17.9. The number of nitrogens with one attached hydrogen (secondary N) is 1. The van der Waals surface area contributed by atoms with Crippen molar-refractivity contribution in [3.05, 3.63) is 72.0 Å². The number of nitrogens with zero attached hydrogens (tertiary/aromatic N) is 2. The van der Waals surface area contributed by atoms with Crippen LogP contribution in [0.25, 0.3) is 0 Å². The molecular weight excluding hydrogens is 578 g/mol. The van der Waals surface area contributed by atoms with Crippen LogP contribution in [-0.2, 0) is 42.0 Å². The normalized spacial score (nSPS) is 20.3. The molecule has 0 radical (unpaired) electrons. The Hall–Kier alpha value is -2.34. The molecule has 0 bridgehead atoms. The third kappa shape index (κ3) is 6.12. The van der Waals surface area contributed by atoms with Crippen LogP contribution in [0.15, 0.2) is 55.0 Å². The first-order valence-corrected chi connectivity index (χ1v) is 12.3. The van der Waals surface area contributed by atoms with Crippen molar-refractivity contribution in [2.45, 2.75) is 38.5 Å². The molecule has 2 aliphatic heterocycles. The molecule has 0 aliphatic carbocycles. The molecular formula is C24H27N3O4W. The van der Waals surface area contributed by atoms with Gasteiger partial charge in [-0.15, -0.1) is 0 Å². The van der Waals surface area contributed by atoms with Crippen LogP contribution in [0.4, 0.5) is 0 Å². The Morgan fingerprint density at radius 2 is 2.12 bits per heavy atom. The van der Waals surface area contributed by atoms with E-state index in [4.69, 9.17) is 14.2 Å². The monoisotopic (exact) mass is 605 g/mol. The first-order valence-electron chi connectivity index (χ1n) is 10.9. The average Bonchev–Trinajstić information content (AvgIpc) is 3.48.